The van der Waals surface area contributed by atoms with Gasteiger partial charge in [-0.2, -0.15) is 4.31 Å². The molecule has 0 aliphatic carbocycles. The molecule has 1 N–H and O–H groups in total. The van der Waals surface area contributed by atoms with Crippen LogP contribution in [0.25, 0.3) is 0 Å². The number of rotatable bonds is 8. The summed E-state index contributed by atoms with van der Waals surface area (Å²) >= 11 is 0. The topological polar surface area (TPSA) is 105 Å². The Balaban J connectivity index is 1.44. The summed E-state index contributed by atoms with van der Waals surface area (Å²) in [6.45, 7) is 3.11. The monoisotopic (exact) mass is 461 g/mol. The fourth-order valence-electron chi connectivity index (χ4n) is 3.24. The molecule has 3 rings (SSSR count). The molecule has 1 aliphatic rings. The molecule has 1 aliphatic heterocycles. The number of ether oxygens (including phenoxy) is 2. The van der Waals surface area contributed by atoms with E-state index in [0.717, 1.165) is 5.56 Å². The van der Waals surface area contributed by atoms with Crippen LogP contribution in [0.1, 0.15) is 12.5 Å². The fraction of sp³-hybridized carbons (Fsp3) is 0.364. The summed E-state index contributed by atoms with van der Waals surface area (Å²) < 4.78 is 37.5. The van der Waals surface area contributed by atoms with Gasteiger partial charge in [-0.15, -0.1) is 0 Å². The summed E-state index contributed by atoms with van der Waals surface area (Å²) in [5.74, 6) is 0.316. The molecule has 1 fully saturated rings. The Bertz CT molecular complexity index is 1000. The minimum atomic E-state index is -3.65. The van der Waals surface area contributed by atoms with Crippen LogP contribution in [0.5, 0.6) is 5.75 Å². The maximum absolute atomic E-state index is 12.8. The van der Waals surface area contributed by atoms with Gasteiger partial charge in [-0.25, -0.2) is 13.2 Å². The summed E-state index contributed by atoms with van der Waals surface area (Å²) in [6.07, 6.45) is -0.682. The average Bonchev–Trinajstić information content (AvgIpc) is 2.82. The predicted molar refractivity (Wildman–Crippen MR) is 118 cm³/mol. The molecule has 0 saturated carbocycles. The zero-order valence-electron chi connectivity index (χ0n) is 17.9. The first kappa shape index (κ1) is 23.6. The molecule has 0 spiro atoms. The number of carbonyl (C=O) groups excluding carboxylic acids is 2. The van der Waals surface area contributed by atoms with E-state index in [1.807, 2.05) is 37.3 Å². The molecule has 1 saturated heterocycles. The maximum atomic E-state index is 12.8. The van der Waals surface area contributed by atoms with E-state index >= 15 is 0 Å². The van der Waals surface area contributed by atoms with Crippen molar-refractivity contribution in [2.45, 2.75) is 18.4 Å². The van der Waals surface area contributed by atoms with E-state index in [1.165, 1.54) is 21.3 Å². The Morgan fingerprint density at radius 3 is 2.25 bits per heavy atom. The van der Waals surface area contributed by atoms with Gasteiger partial charge in [-0.1, -0.05) is 30.3 Å². The molecule has 0 aromatic heterocycles. The van der Waals surface area contributed by atoms with Crippen LogP contribution in [0.3, 0.4) is 0 Å². The van der Waals surface area contributed by atoms with Crippen molar-refractivity contribution in [2.24, 2.45) is 0 Å². The van der Waals surface area contributed by atoms with E-state index in [1.54, 1.807) is 12.1 Å². The number of alkyl carbamates (subject to hydrolysis) is 1. The SMILES string of the molecule is CCOc1ccc(S(=O)(=O)N2CCN(C(=O)CNC(=O)OCc3ccccc3)CC2)cc1. The second kappa shape index (κ2) is 11.0. The van der Waals surface area contributed by atoms with Crippen molar-refractivity contribution in [2.75, 3.05) is 39.3 Å². The highest BCUT2D eigenvalue weighted by Gasteiger charge is 2.30. The van der Waals surface area contributed by atoms with E-state index in [0.29, 0.717) is 12.4 Å². The van der Waals surface area contributed by atoms with E-state index in [2.05, 4.69) is 5.32 Å². The van der Waals surface area contributed by atoms with Crippen LogP contribution >= 0.6 is 0 Å². The van der Waals surface area contributed by atoms with Crippen molar-refractivity contribution in [3.05, 3.63) is 60.2 Å². The van der Waals surface area contributed by atoms with E-state index in [9.17, 15) is 18.0 Å². The van der Waals surface area contributed by atoms with Gasteiger partial charge in [0.15, 0.2) is 0 Å². The lowest BCUT2D eigenvalue weighted by atomic mass is 10.2. The molecule has 2 amide bonds. The van der Waals surface area contributed by atoms with Crippen molar-refractivity contribution in [1.82, 2.24) is 14.5 Å². The third kappa shape index (κ3) is 6.21. The van der Waals surface area contributed by atoms with Gasteiger partial charge in [0.25, 0.3) is 0 Å². The van der Waals surface area contributed by atoms with Gasteiger partial charge in [0.05, 0.1) is 11.5 Å². The Labute approximate surface area is 188 Å². The van der Waals surface area contributed by atoms with Crippen LogP contribution in [0.15, 0.2) is 59.5 Å². The molecule has 1 heterocycles. The third-order valence-electron chi connectivity index (χ3n) is 4.96. The molecular weight excluding hydrogens is 434 g/mol. The standard InChI is InChI=1S/C22H27N3O6S/c1-2-30-19-8-10-20(11-9-19)32(28,29)25-14-12-24(13-15-25)21(26)16-23-22(27)31-17-18-6-4-3-5-7-18/h3-11H,2,12-17H2,1H3,(H,23,27). The smallest absolute Gasteiger partial charge is 0.407 e. The first-order valence-electron chi connectivity index (χ1n) is 10.4. The van der Waals surface area contributed by atoms with Gasteiger partial charge < -0.3 is 19.7 Å². The van der Waals surface area contributed by atoms with Crippen LogP contribution in [0.2, 0.25) is 0 Å². The van der Waals surface area contributed by atoms with Crippen LogP contribution in [-0.4, -0.2) is 69.0 Å². The lowest BCUT2D eigenvalue weighted by Gasteiger charge is -2.34. The third-order valence-corrected chi connectivity index (χ3v) is 6.87. The van der Waals surface area contributed by atoms with Crippen LogP contribution in [-0.2, 0) is 26.2 Å². The van der Waals surface area contributed by atoms with Gasteiger partial charge in [-0.3, -0.25) is 4.79 Å². The van der Waals surface area contributed by atoms with Crippen LogP contribution in [0, 0.1) is 0 Å². The van der Waals surface area contributed by atoms with E-state index in [-0.39, 0.29) is 50.1 Å². The summed E-state index contributed by atoms with van der Waals surface area (Å²) in [7, 11) is -3.65. The zero-order chi connectivity index (χ0) is 23.0. The lowest BCUT2D eigenvalue weighted by molar-refractivity contribution is -0.131. The second-order valence-corrected chi connectivity index (χ2v) is 9.04. The summed E-state index contributed by atoms with van der Waals surface area (Å²) in [5.41, 5.74) is 0.846. The molecule has 0 unspecified atom stereocenters. The maximum Gasteiger partial charge on any atom is 0.407 e. The largest absolute Gasteiger partial charge is 0.494 e. The Morgan fingerprint density at radius 2 is 1.62 bits per heavy atom. The molecule has 0 radical (unpaired) electrons. The normalized spacial score (nSPS) is 14.6. The number of sulfonamides is 1. The van der Waals surface area contributed by atoms with Crippen LogP contribution < -0.4 is 10.1 Å². The van der Waals surface area contributed by atoms with Crippen molar-refractivity contribution in [3.63, 3.8) is 0 Å². The highest BCUT2D eigenvalue weighted by Crippen LogP contribution is 2.21. The van der Waals surface area contributed by atoms with Crippen molar-refractivity contribution >= 4 is 22.0 Å². The molecule has 2 aromatic carbocycles. The first-order chi connectivity index (χ1) is 15.4. The number of piperazine rings is 1. The van der Waals surface area contributed by atoms with Gasteiger partial charge in [-0.05, 0) is 36.8 Å². The molecule has 2 aromatic rings. The summed E-state index contributed by atoms with van der Waals surface area (Å²) in [5, 5.41) is 2.44. The number of hydrogen-bond acceptors (Lipinski definition) is 6. The Morgan fingerprint density at radius 1 is 0.969 bits per heavy atom. The molecule has 10 heteroatoms. The number of nitrogens with one attached hydrogen (secondary N) is 1. The molecule has 32 heavy (non-hydrogen) atoms. The number of amides is 2. The number of nitrogens with zero attached hydrogens (tertiary/aromatic N) is 2. The fourth-order valence-corrected chi connectivity index (χ4v) is 4.66. The van der Waals surface area contributed by atoms with Gasteiger partial charge >= 0.3 is 6.09 Å². The van der Waals surface area contributed by atoms with E-state index in [4.69, 9.17) is 9.47 Å². The predicted octanol–water partition coefficient (Wildman–Crippen LogP) is 1.84. The number of hydrogen-bond donors (Lipinski definition) is 1. The van der Waals surface area contributed by atoms with Crippen molar-refractivity contribution in [3.8, 4) is 5.75 Å². The van der Waals surface area contributed by atoms with Gasteiger partial charge in [0.2, 0.25) is 15.9 Å². The first-order valence-corrected chi connectivity index (χ1v) is 11.8. The number of carbonyl (C=O) groups is 2. The van der Waals surface area contributed by atoms with Gasteiger partial charge in [0, 0.05) is 26.2 Å². The molecular formula is C22H27N3O6S. The quantitative estimate of drug-likeness (QED) is 0.643. The van der Waals surface area contributed by atoms with Gasteiger partial charge in [0.1, 0.15) is 18.9 Å². The minimum Gasteiger partial charge on any atom is -0.494 e. The summed E-state index contributed by atoms with van der Waals surface area (Å²) in [6, 6.07) is 15.5. The highest BCUT2D eigenvalue weighted by molar-refractivity contribution is 7.89. The summed E-state index contributed by atoms with van der Waals surface area (Å²) in [4.78, 5) is 25.9. The zero-order valence-corrected chi connectivity index (χ0v) is 18.7. The lowest BCUT2D eigenvalue weighted by Crippen LogP contribution is -2.52. The minimum absolute atomic E-state index is 0.114. The van der Waals surface area contributed by atoms with Crippen molar-refractivity contribution < 1.29 is 27.5 Å². The molecule has 172 valence electrons. The van der Waals surface area contributed by atoms with Crippen molar-refractivity contribution in [1.29, 1.82) is 0 Å². The average molecular weight is 462 g/mol. The van der Waals surface area contributed by atoms with Crippen LogP contribution in [0.4, 0.5) is 4.79 Å². The highest BCUT2D eigenvalue weighted by atomic mass is 32.2. The molecule has 0 atom stereocenters. The molecule has 9 nitrogen and oxygen atoms in total. The Kier molecular flexibility index (Phi) is 8.07. The second-order valence-electron chi connectivity index (χ2n) is 7.10. The number of benzene rings is 2. The van der Waals surface area contributed by atoms with E-state index < -0.39 is 16.1 Å². The molecule has 0 bridgehead atoms. The Hall–Kier alpha value is -3.11.